The molecule has 6 heteroatoms. The number of carbonyl (C=O) groups excluding carboxylic acids is 1. The number of aromatic nitrogens is 1. The number of nitrogens with one attached hydrogen (secondary N) is 1. The van der Waals surface area contributed by atoms with E-state index >= 15 is 0 Å². The molecule has 2 aromatic carbocycles. The molecule has 2 heterocycles. The molecule has 158 valence electrons. The predicted octanol–water partition coefficient (Wildman–Crippen LogP) is 5.53. The van der Waals surface area contributed by atoms with Gasteiger partial charge in [0.2, 0.25) is 0 Å². The Morgan fingerprint density at radius 1 is 1.13 bits per heavy atom. The van der Waals surface area contributed by atoms with Crippen molar-refractivity contribution in [2.24, 2.45) is 5.10 Å². The first-order valence-electron chi connectivity index (χ1n) is 10.1. The van der Waals surface area contributed by atoms with Crippen molar-refractivity contribution in [1.82, 2.24) is 9.99 Å². The molecule has 1 amide bonds. The normalized spacial score (nSPS) is 15.0. The highest BCUT2D eigenvalue weighted by Crippen LogP contribution is 2.40. The lowest BCUT2D eigenvalue weighted by molar-refractivity contribution is 0.0955. The summed E-state index contributed by atoms with van der Waals surface area (Å²) in [6.45, 7) is 6.44. The second-order valence-corrected chi connectivity index (χ2v) is 8.68. The number of nitrogens with zero attached hydrogens (tertiary/aromatic N) is 3. The van der Waals surface area contributed by atoms with E-state index < -0.39 is 0 Å². The Balaban J connectivity index is 1.53. The zero-order valence-corrected chi connectivity index (χ0v) is 18.8. The fraction of sp³-hybridized carbons (Fsp3) is 0.200. The van der Waals surface area contributed by atoms with Gasteiger partial charge in [-0.1, -0.05) is 23.7 Å². The van der Waals surface area contributed by atoms with Crippen LogP contribution in [0.25, 0.3) is 11.3 Å². The first kappa shape index (κ1) is 20.9. The van der Waals surface area contributed by atoms with Gasteiger partial charge in [0.15, 0.2) is 0 Å². The molecule has 1 aromatic heterocycles. The standard InChI is InChI=1S/C25H25ClN4O/c1-17-15-25(2,3)29(4)23-14-22(26)19(13-21(17)23)16-27-28-24(31)18-8-7-9-20(12-18)30-10-5-6-11-30/h5-16H,1-4H3,(H,28,31)/b27-16+. The van der Waals surface area contributed by atoms with Gasteiger partial charge in [0, 0.05) is 47.5 Å². The second kappa shape index (κ2) is 8.08. The van der Waals surface area contributed by atoms with Crippen molar-refractivity contribution in [3.8, 4) is 5.69 Å². The molecule has 0 saturated carbocycles. The van der Waals surface area contributed by atoms with E-state index in [2.05, 4.69) is 49.3 Å². The minimum Gasteiger partial charge on any atom is -0.365 e. The quantitative estimate of drug-likeness (QED) is 0.435. The van der Waals surface area contributed by atoms with Crippen molar-refractivity contribution < 1.29 is 4.79 Å². The number of hydrogen-bond acceptors (Lipinski definition) is 3. The highest BCUT2D eigenvalue weighted by atomic mass is 35.5. The molecule has 1 aliphatic heterocycles. The average molecular weight is 433 g/mol. The zero-order chi connectivity index (χ0) is 22.2. The molecule has 5 nitrogen and oxygen atoms in total. The number of benzene rings is 2. The van der Waals surface area contributed by atoms with Crippen LogP contribution < -0.4 is 10.3 Å². The van der Waals surface area contributed by atoms with E-state index in [1.54, 1.807) is 12.3 Å². The number of halogens is 1. The highest BCUT2D eigenvalue weighted by molar-refractivity contribution is 6.33. The van der Waals surface area contributed by atoms with Crippen LogP contribution in [0.1, 0.15) is 42.3 Å². The topological polar surface area (TPSA) is 49.6 Å². The summed E-state index contributed by atoms with van der Waals surface area (Å²) in [5.41, 5.74) is 8.09. The van der Waals surface area contributed by atoms with Crippen molar-refractivity contribution in [3.05, 3.63) is 88.7 Å². The van der Waals surface area contributed by atoms with Crippen LogP contribution >= 0.6 is 11.6 Å². The third-order valence-electron chi connectivity index (χ3n) is 5.72. The Labute approximate surface area is 187 Å². The van der Waals surface area contributed by atoms with Crippen molar-refractivity contribution in [3.63, 3.8) is 0 Å². The van der Waals surface area contributed by atoms with Crippen LogP contribution in [0.5, 0.6) is 0 Å². The Bertz CT molecular complexity index is 1190. The lowest BCUT2D eigenvalue weighted by Gasteiger charge is -2.40. The van der Waals surface area contributed by atoms with Gasteiger partial charge in [-0.2, -0.15) is 5.10 Å². The van der Waals surface area contributed by atoms with E-state index in [-0.39, 0.29) is 11.4 Å². The Morgan fingerprint density at radius 3 is 2.61 bits per heavy atom. The van der Waals surface area contributed by atoms with Crippen LogP contribution in [0.2, 0.25) is 5.02 Å². The fourth-order valence-electron chi connectivity index (χ4n) is 3.83. The number of likely N-dealkylation sites (N-methyl/N-ethyl adjacent to an activating group) is 1. The maximum absolute atomic E-state index is 12.6. The third-order valence-corrected chi connectivity index (χ3v) is 6.04. The van der Waals surface area contributed by atoms with Gasteiger partial charge in [0.1, 0.15) is 0 Å². The molecule has 3 aromatic rings. The van der Waals surface area contributed by atoms with Crippen LogP contribution in [-0.2, 0) is 0 Å². The third kappa shape index (κ3) is 4.14. The van der Waals surface area contributed by atoms with Crippen LogP contribution in [0.4, 0.5) is 5.69 Å². The van der Waals surface area contributed by atoms with Crippen LogP contribution in [0.3, 0.4) is 0 Å². The molecular formula is C25H25ClN4O. The summed E-state index contributed by atoms with van der Waals surface area (Å²) in [4.78, 5) is 14.8. The lowest BCUT2D eigenvalue weighted by atomic mass is 9.88. The number of carbonyl (C=O) groups is 1. The number of anilines is 1. The molecule has 0 saturated heterocycles. The van der Waals surface area contributed by atoms with Gasteiger partial charge in [0.25, 0.3) is 5.91 Å². The Morgan fingerprint density at radius 2 is 1.87 bits per heavy atom. The summed E-state index contributed by atoms with van der Waals surface area (Å²) in [7, 11) is 2.06. The zero-order valence-electron chi connectivity index (χ0n) is 18.1. The molecule has 1 aliphatic rings. The van der Waals surface area contributed by atoms with E-state index in [1.165, 1.54) is 5.57 Å². The molecule has 1 N–H and O–H groups in total. The van der Waals surface area contributed by atoms with Gasteiger partial charge >= 0.3 is 0 Å². The number of hydrogen-bond donors (Lipinski definition) is 1. The molecule has 0 atom stereocenters. The molecule has 0 aliphatic carbocycles. The van der Waals surface area contributed by atoms with E-state index in [0.29, 0.717) is 10.6 Å². The van der Waals surface area contributed by atoms with E-state index in [0.717, 1.165) is 22.5 Å². The van der Waals surface area contributed by atoms with E-state index in [9.17, 15) is 4.79 Å². The van der Waals surface area contributed by atoms with E-state index in [4.69, 9.17) is 11.6 Å². The minimum atomic E-state index is -0.281. The number of fused-ring (bicyclic) bond motifs is 1. The highest BCUT2D eigenvalue weighted by Gasteiger charge is 2.29. The van der Waals surface area contributed by atoms with E-state index in [1.807, 2.05) is 59.4 Å². The van der Waals surface area contributed by atoms with Crippen LogP contribution in [0, 0.1) is 0 Å². The van der Waals surface area contributed by atoms with Gasteiger partial charge in [0.05, 0.1) is 16.8 Å². The number of allylic oxidation sites excluding steroid dienone is 1. The first-order chi connectivity index (χ1) is 14.8. The van der Waals surface area contributed by atoms with Crippen molar-refractivity contribution in [2.75, 3.05) is 11.9 Å². The molecule has 4 rings (SSSR count). The molecule has 31 heavy (non-hydrogen) atoms. The predicted molar refractivity (Wildman–Crippen MR) is 128 cm³/mol. The first-order valence-corrected chi connectivity index (χ1v) is 10.5. The summed E-state index contributed by atoms with van der Waals surface area (Å²) in [6.07, 6.45) is 7.69. The molecule has 0 spiro atoms. The van der Waals surface area contributed by atoms with Crippen molar-refractivity contribution >= 4 is 35.0 Å². The number of rotatable bonds is 4. The summed E-state index contributed by atoms with van der Waals surface area (Å²) in [6, 6.07) is 15.2. The molecular weight excluding hydrogens is 408 g/mol. The van der Waals surface area contributed by atoms with Crippen molar-refractivity contribution in [1.29, 1.82) is 0 Å². The lowest BCUT2D eigenvalue weighted by Crippen LogP contribution is -2.42. The van der Waals surface area contributed by atoms with Gasteiger partial charge in [-0.05, 0) is 68.8 Å². The maximum atomic E-state index is 12.6. The maximum Gasteiger partial charge on any atom is 0.271 e. The Kier molecular flexibility index (Phi) is 5.46. The Hall–Kier alpha value is -3.31. The van der Waals surface area contributed by atoms with Gasteiger partial charge < -0.3 is 9.47 Å². The number of hydrazone groups is 1. The average Bonchev–Trinajstić information content (AvgIpc) is 3.28. The van der Waals surface area contributed by atoms with Crippen LogP contribution in [-0.4, -0.2) is 29.3 Å². The SMILES string of the molecule is CC1=CC(C)(C)N(C)c2cc(Cl)c(/C=N/NC(=O)c3cccc(-n4cccc4)c3)cc21. The van der Waals surface area contributed by atoms with Crippen molar-refractivity contribution in [2.45, 2.75) is 26.3 Å². The molecule has 0 bridgehead atoms. The van der Waals surface area contributed by atoms with Gasteiger partial charge in [-0.25, -0.2) is 5.43 Å². The summed E-state index contributed by atoms with van der Waals surface area (Å²) in [5.74, 6) is -0.281. The molecule has 0 unspecified atom stereocenters. The smallest absolute Gasteiger partial charge is 0.271 e. The van der Waals surface area contributed by atoms with Gasteiger partial charge in [-0.3, -0.25) is 4.79 Å². The summed E-state index contributed by atoms with van der Waals surface area (Å²) < 4.78 is 1.95. The largest absolute Gasteiger partial charge is 0.365 e. The minimum absolute atomic E-state index is 0.0841. The van der Waals surface area contributed by atoms with Crippen LogP contribution in [0.15, 0.2) is 72.1 Å². The summed E-state index contributed by atoms with van der Waals surface area (Å²) in [5, 5.41) is 4.73. The number of amides is 1. The van der Waals surface area contributed by atoms with Gasteiger partial charge in [-0.15, -0.1) is 0 Å². The summed E-state index contributed by atoms with van der Waals surface area (Å²) >= 11 is 6.52. The monoisotopic (exact) mass is 432 g/mol. The molecule has 0 fully saturated rings. The molecule has 0 radical (unpaired) electrons. The fourth-order valence-corrected chi connectivity index (χ4v) is 4.03. The second-order valence-electron chi connectivity index (χ2n) is 8.27.